The molecule has 1 heterocycles. The van der Waals surface area contributed by atoms with Crippen LogP contribution in [0.1, 0.15) is 59.3 Å². The number of aryl methyl sites for hydroxylation is 1. The van der Waals surface area contributed by atoms with Crippen molar-refractivity contribution in [2.24, 2.45) is 0 Å². The number of hydrogen-bond acceptors (Lipinski definition) is 3. The minimum atomic E-state index is -0.0517. The van der Waals surface area contributed by atoms with Gasteiger partial charge < -0.3 is 5.32 Å². The molecule has 1 N–H and O–H groups in total. The predicted molar refractivity (Wildman–Crippen MR) is 88.3 cm³/mol. The minimum absolute atomic E-state index is 0.0517. The average Bonchev–Trinajstić information content (AvgIpc) is 2.43. The first-order valence-electron chi connectivity index (χ1n) is 7.62. The smallest absolute Gasteiger partial charge is 0.283 e. The predicted octanol–water partition coefficient (Wildman–Crippen LogP) is 4.19. The number of nitrogens with zero attached hydrogens (tertiary/aromatic N) is 2. The lowest BCUT2D eigenvalue weighted by molar-refractivity contribution is 0.540. The molecule has 0 saturated carbocycles. The summed E-state index contributed by atoms with van der Waals surface area (Å²) in [6, 6.07) is 0.352. The van der Waals surface area contributed by atoms with Gasteiger partial charge in [-0.15, -0.1) is 0 Å². The lowest BCUT2D eigenvalue weighted by Crippen LogP contribution is -2.26. The van der Waals surface area contributed by atoms with Gasteiger partial charge in [0.15, 0.2) is 0 Å². The molecular formula is C15H26BrN3O. The summed E-state index contributed by atoms with van der Waals surface area (Å²) >= 11 is 3.40. The molecule has 1 unspecified atom stereocenters. The van der Waals surface area contributed by atoms with Crippen LogP contribution in [0.3, 0.4) is 0 Å². The van der Waals surface area contributed by atoms with E-state index < -0.39 is 0 Å². The first-order chi connectivity index (χ1) is 9.60. The van der Waals surface area contributed by atoms with Crippen LogP contribution < -0.4 is 10.9 Å². The molecule has 0 amide bonds. The number of nitrogens with one attached hydrogen (secondary N) is 1. The lowest BCUT2D eigenvalue weighted by Gasteiger charge is -2.16. The fraction of sp³-hybridized carbons (Fsp3) is 0.733. The van der Waals surface area contributed by atoms with Crippen LogP contribution >= 0.6 is 15.9 Å². The van der Waals surface area contributed by atoms with Crippen molar-refractivity contribution < 1.29 is 0 Å². The molecule has 4 nitrogen and oxygen atoms in total. The van der Waals surface area contributed by atoms with E-state index in [1.807, 2.05) is 0 Å². The number of rotatable bonds is 9. The molecule has 0 aliphatic heterocycles. The summed E-state index contributed by atoms with van der Waals surface area (Å²) < 4.78 is 2.12. The van der Waals surface area contributed by atoms with Gasteiger partial charge in [0.2, 0.25) is 0 Å². The molecule has 0 fully saturated rings. The Bertz CT molecular complexity index is 459. The summed E-state index contributed by atoms with van der Waals surface area (Å²) in [5, 5.41) is 7.61. The summed E-state index contributed by atoms with van der Waals surface area (Å²) in [6.45, 7) is 7.13. The number of hydrogen-bond donors (Lipinski definition) is 1. The van der Waals surface area contributed by atoms with E-state index >= 15 is 0 Å². The molecule has 1 aromatic rings. The van der Waals surface area contributed by atoms with Gasteiger partial charge in [-0.1, -0.05) is 39.5 Å². The Balaban J connectivity index is 2.67. The summed E-state index contributed by atoms with van der Waals surface area (Å²) in [5.41, 5.74) is 0.746. The highest BCUT2D eigenvalue weighted by Gasteiger charge is 2.10. The first-order valence-corrected chi connectivity index (χ1v) is 8.41. The fourth-order valence-corrected chi connectivity index (χ4v) is 2.49. The van der Waals surface area contributed by atoms with E-state index in [2.05, 4.69) is 47.1 Å². The van der Waals surface area contributed by atoms with Gasteiger partial charge in [-0.2, -0.15) is 5.10 Å². The van der Waals surface area contributed by atoms with E-state index in [1.165, 1.54) is 23.9 Å². The maximum atomic E-state index is 12.2. The van der Waals surface area contributed by atoms with Crippen molar-refractivity contribution in [1.29, 1.82) is 0 Å². The van der Waals surface area contributed by atoms with Crippen molar-refractivity contribution in [3.8, 4) is 0 Å². The number of unbranched alkanes of at least 4 members (excludes halogenated alkanes) is 3. The van der Waals surface area contributed by atoms with Gasteiger partial charge in [-0.3, -0.25) is 4.79 Å². The summed E-state index contributed by atoms with van der Waals surface area (Å²) in [6.07, 6.45) is 8.58. The number of anilines is 1. The van der Waals surface area contributed by atoms with Crippen LogP contribution in [-0.4, -0.2) is 15.8 Å². The monoisotopic (exact) mass is 343 g/mol. The van der Waals surface area contributed by atoms with Gasteiger partial charge in [-0.05, 0) is 35.7 Å². The molecule has 0 spiro atoms. The van der Waals surface area contributed by atoms with Crippen LogP contribution in [0.5, 0.6) is 0 Å². The Kier molecular flexibility index (Phi) is 7.88. The second kappa shape index (κ2) is 9.16. The standard InChI is InChI=1S/C15H26BrN3O/c1-4-6-8-9-12(3)18-13-11-17-19(10-7-5-2)15(20)14(13)16/h11-12,18H,4-10H2,1-3H3. The molecule has 20 heavy (non-hydrogen) atoms. The van der Waals surface area contributed by atoms with Crippen molar-refractivity contribution in [2.75, 3.05) is 5.32 Å². The summed E-state index contributed by atoms with van der Waals surface area (Å²) in [4.78, 5) is 12.2. The van der Waals surface area contributed by atoms with E-state index in [1.54, 1.807) is 6.20 Å². The van der Waals surface area contributed by atoms with Crippen LogP contribution in [0, 0.1) is 0 Å². The number of halogens is 1. The fourth-order valence-electron chi connectivity index (χ4n) is 2.07. The highest BCUT2D eigenvalue weighted by Crippen LogP contribution is 2.18. The Hall–Kier alpha value is -0.840. The van der Waals surface area contributed by atoms with Gasteiger partial charge in [0.1, 0.15) is 4.47 Å². The molecule has 0 aliphatic carbocycles. The lowest BCUT2D eigenvalue weighted by atomic mass is 10.1. The van der Waals surface area contributed by atoms with Crippen LogP contribution in [0.4, 0.5) is 5.69 Å². The van der Waals surface area contributed by atoms with E-state index in [0.717, 1.165) is 24.9 Å². The third kappa shape index (κ3) is 5.27. The molecule has 5 heteroatoms. The zero-order valence-corrected chi connectivity index (χ0v) is 14.4. The molecule has 0 radical (unpaired) electrons. The van der Waals surface area contributed by atoms with Crippen LogP contribution in [0.2, 0.25) is 0 Å². The Morgan fingerprint density at radius 2 is 2.00 bits per heavy atom. The van der Waals surface area contributed by atoms with E-state index in [0.29, 0.717) is 17.1 Å². The molecule has 0 saturated heterocycles. The average molecular weight is 344 g/mol. The van der Waals surface area contributed by atoms with Gasteiger partial charge in [-0.25, -0.2) is 4.68 Å². The zero-order chi connectivity index (χ0) is 15.0. The molecule has 1 rings (SSSR count). The third-order valence-electron chi connectivity index (χ3n) is 3.35. The van der Waals surface area contributed by atoms with Gasteiger partial charge in [0.25, 0.3) is 5.56 Å². The van der Waals surface area contributed by atoms with Crippen LogP contribution in [-0.2, 0) is 6.54 Å². The largest absolute Gasteiger partial charge is 0.380 e. The highest BCUT2D eigenvalue weighted by molar-refractivity contribution is 9.10. The zero-order valence-electron chi connectivity index (χ0n) is 12.8. The van der Waals surface area contributed by atoms with Crippen molar-refractivity contribution in [3.63, 3.8) is 0 Å². The Morgan fingerprint density at radius 1 is 1.30 bits per heavy atom. The second-order valence-corrected chi connectivity index (χ2v) is 6.09. The van der Waals surface area contributed by atoms with Crippen LogP contribution in [0.15, 0.2) is 15.5 Å². The van der Waals surface area contributed by atoms with Gasteiger partial charge in [0, 0.05) is 12.6 Å². The van der Waals surface area contributed by atoms with Crippen molar-refractivity contribution >= 4 is 21.6 Å². The van der Waals surface area contributed by atoms with E-state index in [9.17, 15) is 4.79 Å². The Morgan fingerprint density at radius 3 is 2.65 bits per heavy atom. The van der Waals surface area contributed by atoms with Crippen molar-refractivity contribution in [2.45, 2.75) is 71.9 Å². The van der Waals surface area contributed by atoms with Crippen LogP contribution in [0.25, 0.3) is 0 Å². The maximum absolute atomic E-state index is 12.2. The quantitative estimate of drug-likeness (QED) is 0.684. The molecule has 114 valence electrons. The maximum Gasteiger partial charge on any atom is 0.283 e. The normalized spacial score (nSPS) is 12.4. The summed E-state index contributed by atoms with van der Waals surface area (Å²) in [7, 11) is 0. The van der Waals surface area contributed by atoms with Gasteiger partial charge in [0.05, 0.1) is 11.9 Å². The second-order valence-electron chi connectivity index (χ2n) is 5.30. The van der Waals surface area contributed by atoms with Crippen molar-refractivity contribution in [3.05, 3.63) is 21.0 Å². The third-order valence-corrected chi connectivity index (χ3v) is 4.12. The van der Waals surface area contributed by atoms with Crippen molar-refractivity contribution in [1.82, 2.24) is 9.78 Å². The molecule has 1 atom stereocenters. The molecule has 0 bridgehead atoms. The highest BCUT2D eigenvalue weighted by atomic mass is 79.9. The molecule has 1 aromatic heterocycles. The topological polar surface area (TPSA) is 46.9 Å². The SMILES string of the molecule is CCCCCC(C)Nc1cnn(CCCC)c(=O)c1Br. The first kappa shape index (κ1) is 17.2. The molecule has 0 aliphatic rings. The number of aromatic nitrogens is 2. The molecular weight excluding hydrogens is 318 g/mol. The van der Waals surface area contributed by atoms with E-state index in [-0.39, 0.29) is 5.56 Å². The van der Waals surface area contributed by atoms with Gasteiger partial charge >= 0.3 is 0 Å². The summed E-state index contributed by atoms with van der Waals surface area (Å²) in [5.74, 6) is 0. The molecule has 0 aromatic carbocycles. The Labute approximate surface area is 130 Å². The van der Waals surface area contributed by atoms with E-state index in [4.69, 9.17) is 0 Å². The minimum Gasteiger partial charge on any atom is -0.380 e.